The molecular weight excluding hydrogens is 266 g/mol. The van der Waals surface area contributed by atoms with E-state index >= 15 is 0 Å². The van der Waals surface area contributed by atoms with Gasteiger partial charge in [0.05, 0.1) is 4.90 Å². The van der Waals surface area contributed by atoms with Gasteiger partial charge >= 0.3 is 5.97 Å². The molecule has 0 saturated carbocycles. The number of carbonyl (C=O) groups is 1. The highest BCUT2D eigenvalue weighted by molar-refractivity contribution is 7.89. The van der Waals surface area contributed by atoms with Crippen LogP contribution in [0.15, 0.2) is 40.4 Å². The number of sulfonamides is 1. The van der Waals surface area contributed by atoms with Gasteiger partial charge in [-0.1, -0.05) is 24.6 Å². The number of nitrogens with one attached hydrogen (secondary N) is 1. The van der Waals surface area contributed by atoms with Gasteiger partial charge < -0.3 is 5.11 Å². The Balaban J connectivity index is 3.15. The summed E-state index contributed by atoms with van der Waals surface area (Å²) in [6.45, 7) is 5.19. The summed E-state index contributed by atoms with van der Waals surface area (Å²) in [4.78, 5) is 11.1. The van der Waals surface area contributed by atoms with Crippen LogP contribution < -0.4 is 4.72 Å². The summed E-state index contributed by atoms with van der Waals surface area (Å²) in [7, 11) is -3.87. The second kappa shape index (κ2) is 5.88. The average molecular weight is 283 g/mol. The smallest absolute Gasteiger partial charge is 0.352 e. The van der Waals surface area contributed by atoms with E-state index in [1.165, 1.54) is 12.1 Å². The molecule has 0 aliphatic carbocycles. The van der Waals surface area contributed by atoms with Crippen LogP contribution in [0.25, 0.3) is 0 Å². The number of hydrogen-bond donors (Lipinski definition) is 2. The van der Waals surface area contributed by atoms with Crippen LogP contribution in [0.5, 0.6) is 0 Å². The number of carboxylic acids is 1. The van der Waals surface area contributed by atoms with Crippen molar-refractivity contribution in [2.75, 3.05) is 0 Å². The first-order chi connectivity index (χ1) is 8.77. The Morgan fingerprint density at radius 3 is 2.21 bits per heavy atom. The first-order valence-electron chi connectivity index (χ1n) is 5.80. The molecule has 0 bridgehead atoms. The molecule has 1 rings (SSSR count). The molecule has 0 aliphatic heterocycles. The number of benzene rings is 1. The molecule has 6 heteroatoms. The topological polar surface area (TPSA) is 83.5 Å². The summed E-state index contributed by atoms with van der Waals surface area (Å²) in [5.41, 5.74) is 1.11. The summed E-state index contributed by atoms with van der Waals surface area (Å²) in [5.74, 6) is -1.28. The van der Waals surface area contributed by atoms with Crippen LogP contribution in [-0.4, -0.2) is 19.5 Å². The number of rotatable bonds is 5. The molecule has 0 fully saturated rings. The predicted octanol–water partition coefficient (Wildman–Crippen LogP) is 2.04. The maximum Gasteiger partial charge on any atom is 0.352 e. The largest absolute Gasteiger partial charge is 0.477 e. The monoisotopic (exact) mass is 283 g/mol. The van der Waals surface area contributed by atoms with Crippen molar-refractivity contribution in [3.8, 4) is 0 Å². The zero-order chi connectivity index (χ0) is 14.6. The molecule has 0 amide bonds. The fourth-order valence-electron chi connectivity index (χ4n) is 1.40. The zero-order valence-corrected chi connectivity index (χ0v) is 11.9. The third-order valence-corrected chi connectivity index (χ3v) is 4.10. The van der Waals surface area contributed by atoms with E-state index in [1.807, 2.05) is 6.92 Å². The van der Waals surface area contributed by atoms with Crippen molar-refractivity contribution in [3.05, 3.63) is 41.1 Å². The Morgan fingerprint density at radius 2 is 1.79 bits per heavy atom. The van der Waals surface area contributed by atoms with E-state index in [1.54, 1.807) is 26.0 Å². The second-order valence-electron chi connectivity index (χ2n) is 4.23. The minimum atomic E-state index is -3.87. The summed E-state index contributed by atoms with van der Waals surface area (Å²) in [6, 6.07) is 6.20. The third-order valence-electron chi connectivity index (χ3n) is 2.74. The summed E-state index contributed by atoms with van der Waals surface area (Å²) < 4.78 is 26.3. The van der Waals surface area contributed by atoms with Crippen molar-refractivity contribution >= 4 is 16.0 Å². The van der Waals surface area contributed by atoms with Crippen LogP contribution in [0.2, 0.25) is 0 Å². The lowest BCUT2D eigenvalue weighted by atomic mass is 10.2. The molecule has 0 aliphatic rings. The first-order valence-corrected chi connectivity index (χ1v) is 7.28. The van der Waals surface area contributed by atoms with Gasteiger partial charge in [0.2, 0.25) is 0 Å². The highest BCUT2D eigenvalue weighted by Gasteiger charge is 2.20. The van der Waals surface area contributed by atoms with Crippen LogP contribution in [0.3, 0.4) is 0 Å². The van der Waals surface area contributed by atoms with Crippen LogP contribution in [0, 0.1) is 6.92 Å². The van der Waals surface area contributed by atoms with Gasteiger partial charge in [0.25, 0.3) is 10.0 Å². The molecule has 0 atom stereocenters. The Labute approximate surface area is 113 Å². The Hall–Kier alpha value is -1.82. The lowest BCUT2D eigenvalue weighted by Gasteiger charge is -2.11. The molecule has 0 unspecified atom stereocenters. The number of aryl methyl sites for hydroxylation is 1. The molecule has 0 heterocycles. The zero-order valence-electron chi connectivity index (χ0n) is 11.1. The van der Waals surface area contributed by atoms with Gasteiger partial charge in [-0.15, -0.1) is 0 Å². The molecular formula is C13H17NO4S. The van der Waals surface area contributed by atoms with Gasteiger partial charge in [-0.3, -0.25) is 4.72 Å². The van der Waals surface area contributed by atoms with E-state index in [-0.39, 0.29) is 10.6 Å². The van der Waals surface area contributed by atoms with Gasteiger partial charge in [-0.05, 0) is 38.0 Å². The van der Waals surface area contributed by atoms with Crippen molar-refractivity contribution in [1.29, 1.82) is 0 Å². The van der Waals surface area contributed by atoms with Crippen LogP contribution >= 0.6 is 0 Å². The van der Waals surface area contributed by atoms with E-state index in [0.29, 0.717) is 12.0 Å². The first kappa shape index (κ1) is 15.2. The molecule has 0 aromatic heterocycles. The number of allylic oxidation sites excluding steroid dienone is 1. The molecule has 1 aromatic rings. The lowest BCUT2D eigenvalue weighted by molar-refractivity contribution is -0.132. The van der Waals surface area contributed by atoms with Crippen LogP contribution in [-0.2, 0) is 14.8 Å². The number of carboxylic acid groups (broad SMARTS) is 1. The van der Waals surface area contributed by atoms with Crippen LogP contribution in [0.1, 0.15) is 25.8 Å². The Bertz CT molecular complexity index is 600. The summed E-state index contributed by atoms with van der Waals surface area (Å²) in [6.07, 6.45) is 0.456. The molecule has 1 aromatic carbocycles. The van der Waals surface area contributed by atoms with Crippen molar-refractivity contribution < 1.29 is 18.3 Å². The molecule has 2 N–H and O–H groups in total. The molecule has 5 nitrogen and oxygen atoms in total. The van der Waals surface area contributed by atoms with Crippen LogP contribution in [0.4, 0.5) is 0 Å². The Morgan fingerprint density at radius 1 is 1.26 bits per heavy atom. The van der Waals surface area contributed by atoms with Gasteiger partial charge in [0, 0.05) is 0 Å². The van der Waals surface area contributed by atoms with E-state index in [9.17, 15) is 13.2 Å². The molecule has 0 spiro atoms. The minimum Gasteiger partial charge on any atom is -0.477 e. The third kappa shape index (κ3) is 3.82. The Kier molecular flexibility index (Phi) is 4.72. The lowest BCUT2D eigenvalue weighted by Crippen LogP contribution is -2.28. The SMILES string of the molecule is CC/C(C)=C(/NS(=O)(=O)c1ccc(C)cc1)C(=O)O. The van der Waals surface area contributed by atoms with E-state index in [2.05, 4.69) is 4.72 Å². The van der Waals surface area contributed by atoms with Gasteiger partial charge in [-0.2, -0.15) is 0 Å². The van der Waals surface area contributed by atoms with E-state index in [0.717, 1.165) is 5.56 Å². The summed E-state index contributed by atoms with van der Waals surface area (Å²) in [5, 5.41) is 9.04. The van der Waals surface area contributed by atoms with Crippen molar-refractivity contribution in [3.63, 3.8) is 0 Å². The van der Waals surface area contributed by atoms with Gasteiger partial charge in [-0.25, -0.2) is 13.2 Å². The standard InChI is InChI=1S/C13H17NO4S/c1-4-10(3)12(13(15)16)14-19(17,18)11-7-5-9(2)6-8-11/h5-8,14H,4H2,1-3H3,(H,15,16)/b12-10+. The highest BCUT2D eigenvalue weighted by Crippen LogP contribution is 2.14. The van der Waals surface area contributed by atoms with Gasteiger partial charge in [0.1, 0.15) is 5.70 Å². The van der Waals surface area contributed by atoms with E-state index < -0.39 is 16.0 Å². The minimum absolute atomic E-state index is 0.0424. The number of hydrogen-bond acceptors (Lipinski definition) is 3. The van der Waals surface area contributed by atoms with E-state index in [4.69, 9.17) is 5.11 Å². The maximum absolute atomic E-state index is 12.1. The second-order valence-corrected chi connectivity index (χ2v) is 5.91. The predicted molar refractivity (Wildman–Crippen MR) is 72.1 cm³/mol. The van der Waals surface area contributed by atoms with Crippen molar-refractivity contribution in [2.45, 2.75) is 32.1 Å². The average Bonchev–Trinajstić information content (AvgIpc) is 2.35. The highest BCUT2D eigenvalue weighted by atomic mass is 32.2. The quantitative estimate of drug-likeness (QED) is 0.810. The van der Waals surface area contributed by atoms with Crippen molar-refractivity contribution in [2.24, 2.45) is 0 Å². The fourth-order valence-corrected chi connectivity index (χ4v) is 2.54. The van der Waals surface area contributed by atoms with Crippen molar-refractivity contribution in [1.82, 2.24) is 4.72 Å². The summed E-state index contributed by atoms with van der Waals surface area (Å²) >= 11 is 0. The van der Waals surface area contributed by atoms with Gasteiger partial charge in [0.15, 0.2) is 0 Å². The molecule has 0 radical (unpaired) electrons. The maximum atomic E-state index is 12.1. The molecule has 19 heavy (non-hydrogen) atoms. The normalized spacial score (nSPS) is 12.8. The fraction of sp³-hybridized carbons (Fsp3) is 0.308. The molecule has 0 saturated heterocycles. The molecule has 104 valence electrons. The number of aliphatic carboxylic acids is 1.